The molecule has 1 saturated carbocycles. The third-order valence-corrected chi connectivity index (χ3v) is 3.41. The van der Waals surface area contributed by atoms with E-state index in [1.165, 1.54) is 0 Å². The van der Waals surface area contributed by atoms with Gasteiger partial charge >= 0.3 is 5.97 Å². The first-order chi connectivity index (χ1) is 9.13. The molecule has 1 fully saturated rings. The molecule has 0 aliphatic heterocycles. The van der Waals surface area contributed by atoms with Gasteiger partial charge in [0.2, 0.25) is 0 Å². The Labute approximate surface area is 113 Å². The van der Waals surface area contributed by atoms with Gasteiger partial charge < -0.3 is 14.6 Å². The minimum absolute atomic E-state index is 0.311. The molecule has 0 amide bonds. The molecule has 0 spiro atoms. The molecule has 0 radical (unpaired) electrons. The number of esters is 1. The summed E-state index contributed by atoms with van der Waals surface area (Å²) >= 11 is 0. The van der Waals surface area contributed by atoms with Gasteiger partial charge in [0.15, 0.2) is 0 Å². The average molecular weight is 264 g/mol. The zero-order valence-corrected chi connectivity index (χ0v) is 11.2. The molecule has 1 N–H and O–H groups in total. The highest BCUT2D eigenvalue weighted by Crippen LogP contribution is 2.30. The van der Waals surface area contributed by atoms with Crippen molar-refractivity contribution < 1.29 is 19.4 Å². The van der Waals surface area contributed by atoms with Crippen LogP contribution in [-0.4, -0.2) is 29.9 Å². The summed E-state index contributed by atoms with van der Waals surface area (Å²) in [6, 6.07) is 6.80. The van der Waals surface area contributed by atoms with Gasteiger partial charge in [-0.2, -0.15) is 0 Å². The van der Waals surface area contributed by atoms with Crippen molar-refractivity contribution >= 4 is 5.97 Å². The van der Waals surface area contributed by atoms with Crippen LogP contribution in [0.2, 0.25) is 0 Å². The Morgan fingerprint density at radius 2 is 1.89 bits per heavy atom. The number of ether oxygens (including phenoxy) is 2. The third kappa shape index (κ3) is 3.70. The predicted octanol–water partition coefficient (Wildman–Crippen LogP) is 2.55. The van der Waals surface area contributed by atoms with E-state index in [0.717, 1.165) is 25.7 Å². The Bertz CT molecular complexity index is 418. The molecule has 1 aliphatic rings. The summed E-state index contributed by atoms with van der Waals surface area (Å²) in [7, 11) is 0. The molecule has 1 aromatic carbocycles. The van der Waals surface area contributed by atoms with Crippen LogP contribution in [0.5, 0.6) is 5.75 Å². The Kier molecular flexibility index (Phi) is 4.43. The molecule has 1 aromatic rings. The summed E-state index contributed by atoms with van der Waals surface area (Å²) in [5.74, 6) is 0.330. The van der Waals surface area contributed by atoms with Crippen molar-refractivity contribution in [2.45, 2.75) is 38.2 Å². The number of aliphatic hydroxyl groups is 1. The normalized spacial score (nSPS) is 17.2. The highest BCUT2D eigenvalue weighted by atomic mass is 16.5. The summed E-state index contributed by atoms with van der Waals surface area (Å²) in [4.78, 5) is 11.5. The Morgan fingerprint density at radius 1 is 1.26 bits per heavy atom. The van der Waals surface area contributed by atoms with Gasteiger partial charge in [0, 0.05) is 0 Å². The van der Waals surface area contributed by atoms with Crippen molar-refractivity contribution in [2.75, 3.05) is 13.2 Å². The van der Waals surface area contributed by atoms with Gasteiger partial charge in [-0.3, -0.25) is 0 Å². The second-order valence-corrected chi connectivity index (χ2v) is 4.96. The number of hydrogen-bond acceptors (Lipinski definition) is 4. The molecule has 2 rings (SSSR count). The van der Waals surface area contributed by atoms with Crippen LogP contribution in [0.3, 0.4) is 0 Å². The van der Waals surface area contributed by atoms with Crippen LogP contribution in [0.4, 0.5) is 0 Å². The average Bonchev–Trinajstić information content (AvgIpc) is 2.85. The number of hydrogen-bond donors (Lipinski definition) is 1. The van der Waals surface area contributed by atoms with Crippen LogP contribution in [0.15, 0.2) is 24.3 Å². The molecule has 0 unspecified atom stereocenters. The quantitative estimate of drug-likeness (QED) is 0.830. The molecule has 0 saturated heterocycles. The number of rotatable bonds is 5. The molecule has 0 atom stereocenters. The van der Waals surface area contributed by atoms with Gasteiger partial charge in [-0.05, 0) is 44.0 Å². The molecule has 1 aliphatic carbocycles. The molecular weight excluding hydrogens is 244 g/mol. The summed E-state index contributed by atoms with van der Waals surface area (Å²) < 4.78 is 10.5. The van der Waals surface area contributed by atoms with Gasteiger partial charge in [-0.15, -0.1) is 0 Å². The van der Waals surface area contributed by atoms with Crippen LogP contribution in [0.1, 0.15) is 43.0 Å². The summed E-state index contributed by atoms with van der Waals surface area (Å²) in [5.41, 5.74) is -0.173. The Morgan fingerprint density at radius 3 is 2.47 bits per heavy atom. The van der Waals surface area contributed by atoms with Crippen LogP contribution < -0.4 is 4.74 Å². The predicted molar refractivity (Wildman–Crippen MR) is 71.3 cm³/mol. The fourth-order valence-corrected chi connectivity index (χ4v) is 2.30. The van der Waals surface area contributed by atoms with E-state index >= 15 is 0 Å². The highest BCUT2D eigenvalue weighted by molar-refractivity contribution is 5.89. The van der Waals surface area contributed by atoms with Gasteiger partial charge in [0.25, 0.3) is 0 Å². The molecule has 4 heteroatoms. The third-order valence-electron chi connectivity index (χ3n) is 3.41. The maximum absolute atomic E-state index is 11.5. The van der Waals surface area contributed by atoms with Crippen molar-refractivity contribution in [3.05, 3.63) is 29.8 Å². The lowest BCUT2D eigenvalue weighted by Crippen LogP contribution is -2.32. The van der Waals surface area contributed by atoms with Crippen LogP contribution in [0.25, 0.3) is 0 Å². The smallest absolute Gasteiger partial charge is 0.338 e. The Hall–Kier alpha value is -1.55. The zero-order chi connectivity index (χ0) is 13.7. The molecule has 0 heterocycles. The second kappa shape index (κ2) is 6.06. The van der Waals surface area contributed by atoms with Crippen molar-refractivity contribution in [2.24, 2.45) is 0 Å². The maximum Gasteiger partial charge on any atom is 0.338 e. The number of carbonyl (C=O) groups is 1. The first-order valence-electron chi connectivity index (χ1n) is 6.75. The maximum atomic E-state index is 11.5. The summed E-state index contributed by atoms with van der Waals surface area (Å²) in [6.45, 7) is 2.45. The molecule has 0 bridgehead atoms. The first-order valence-corrected chi connectivity index (χ1v) is 6.75. The van der Waals surface area contributed by atoms with E-state index in [-0.39, 0.29) is 5.97 Å². The zero-order valence-electron chi connectivity index (χ0n) is 11.2. The van der Waals surface area contributed by atoms with Crippen LogP contribution in [-0.2, 0) is 4.74 Å². The van der Waals surface area contributed by atoms with Crippen molar-refractivity contribution in [1.82, 2.24) is 0 Å². The lowest BCUT2D eigenvalue weighted by molar-refractivity contribution is 0.00138. The van der Waals surface area contributed by atoms with E-state index in [1.807, 2.05) is 0 Å². The molecule has 4 nitrogen and oxygen atoms in total. The fraction of sp³-hybridized carbons (Fsp3) is 0.533. The number of benzene rings is 1. The minimum Gasteiger partial charge on any atom is -0.491 e. The van der Waals surface area contributed by atoms with Gasteiger partial charge in [-0.25, -0.2) is 4.79 Å². The first kappa shape index (κ1) is 13.9. The van der Waals surface area contributed by atoms with Crippen molar-refractivity contribution in [3.63, 3.8) is 0 Å². The lowest BCUT2D eigenvalue weighted by atomic mass is 10.0. The highest BCUT2D eigenvalue weighted by Gasteiger charge is 2.31. The molecule has 0 aromatic heterocycles. The molecular formula is C15H20O4. The van der Waals surface area contributed by atoms with E-state index in [0.29, 0.717) is 24.5 Å². The monoisotopic (exact) mass is 264 g/mol. The van der Waals surface area contributed by atoms with E-state index < -0.39 is 5.60 Å². The number of carbonyl (C=O) groups excluding carboxylic acids is 1. The minimum atomic E-state index is -0.681. The van der Waals surface area contributed by atoms with E-state index in [4.69, 9.17) is 9.47 Å². The molecule has 104 valence electrons. The Balaban J connectivity index is 1.90. The summed E-state index contributed by atoms with van der Waals surface area (Å²) in [6.07, 6.45) is 3.71. The topological polar surface area (TPSA) is 55.8 Å². The SMILES string of the molecule is CCOC(=O)c1ccc(OCC2(O)CCCC2)cc1. The van der Waals surface area contributed by atoms with E-state index in [9.17, 15) is 9.90 Å². The summed E-state index contributed by atoms with van der Waals surface area (Å²) in [5, 5.41) is 10.2. The van der Waals surface area contributed by atoms with Crippen LogP contribution >= 0.6 is 0 Å². The largest absolute Gasteiger partial charge is 0.491 e. The van der Waals surface area contributed by atoms with Crippen molar-refractivity contribution in [3.8, 4) is 5.75 Å². The van der Waals surface area contributed by atoms with Crippen LogP contribution in [0, 0.1) is 0 Å². The van der Waals surface area contributed by atoms with E-state index in [1.54, 1.807) is 31.2 Å². The second-order valence-electron chi connectivity index (χ2n) is 4.96. The van der Waals surface area contributed by atoms with Gasteiger partial charge in [0.1, 0.15) is 12.4 Å². The van der Waals surface area contributed by atoms with Gasteiger partial charge in [0.05, 0.1) is 17.8 Å². The standard InChI is InChI=1S/C15H20O4/c1-2-18-14(16)12-5-7-13(8-6-12)19-11-15(17)9-3-4-10-15/h5-8,17H,2-4,9-11H2,1H3. The lowest BCUT2D eigenvalue weighted by Gasteiger charge is -2.22. The van der Waals surface area contributed by atoms with Crippen molar-refractivity contribution in [1.29, 1.82) is 0 Å². The van der Waals surface area contributed by atoms with E-state index in [2.05, 4.69) is 0 Å². The molecule has 19 heavy (non-hydrogen) atoms. The van der Waals surface area contributed by atoms with Gasteiger partial charge in [-0.1, -0.05) is 12.8 Å². The fourth-order valence-electron chi connectivity index (χ4n) is 2.30.